The Hall–Kier alpha value is -1.49. The van der Waals surface area contributed by atoms with Crippen LogP contribution in [0.1, 0.15) is 51.0 Å². The van der Waals surface area contributed by atoms with Gasteiger partial charge in [0.15, 0.2) is 0 Å². The predicted octanol–water partition coefficient (Wildman–Crippen LogP) is 3.27. The van der Waals surface area contributed by atoms with E-state index >= 15 is 0 Å². The van der Waals surface area contributed by atoms with Crippen LogP contribution in [0.2, 0.25) is 0 Å². The summed E-state index contributed by atoms with van der Waals surface area (Å²) in [4.78, 5) is 26.8. The van der Waals surface area contributed by atoms with Crippen molar-refractivity contribution in [2.45, 2.75) is 57.0 Å². The molecule has 1 aliphatic carbocycles. The van der Waals surface area contributed by atoms with Crippen LogP contribution >= 0.6 is 11.8 Å². The van der Waals surface area contributed by atoms with Crippen molar-refractivity contribution in [3.63, 3.8) is 0 Å². The second-order valence-corrected chi connectivity index (χ2v) is 7.73. The first-order valence-electron chi connectivity index (χ1n) is 8.91. The Kier molecular flexibility index (Phi) is 5.49. The Morgan fingerprint density at radius 3 is 2.58 bits per heavy atom. The highest BCUT2D eigenvalue weighted by Gasteiger charge is 2.40. The number of carbonyl (C=O) groups excluding carboxylic acids is 2. The molecule has 2 fully saturated rings. The standard InChI is InChI=1S/C19H26N2O2S/c1-2-17(22)21-14-24-13-16(21)18(23)20-19(11-7-4-8-12-19)15-9-5-3-6-10-15/h3,5-6,9-10,16H,2,4,7-8,11-14H2,1H3,(H,20,23). The monoisotopic (exact) mass is 346 g/mol. The number of nitrogens with one attached hydrogen (secondary N) is 1. The lowest BCUT2D eigenvalue weighted by Crippen LogP contribution is -2.54. The molecule has 0 spiro atoms. The fourth-order valence-corrected chi connectivity index (χ4v) is 5.01. The number of hydrogen-bond donors (Lipinski definition) is 1. The van der Waals surface area contributed by atoms with Crippen LogP contribution in [0.25, 0.3) is 0 Å². The maximum absolute atomic E-state index is 13.0. The first-order valence-corrected chi connectivity index (χ1v) is 10.1. The third-order valence-electron chi connectivity index (χ3n) is 5.20. The highest BCUT2D eigenvalue weighted by Crippen LogP contribution is 2.37. The minimum atomic E-state index is -0.329. The summed E-state index contributed by atoms with van der Waals surface area (Å²) >= 11 is 1.66. The first-order chi connectivity index (χ1) is 11.7. The molecular formula is C19H26N2O2S. The molecule has 1 aromatic carbocycles. The number of hydrogen-bond acceptors (Lipinski definition) is 3. The van der Waals surface area contributed by atoms with Crippen LogP contribution in [0.15, 0.2) is 30.3 Å². The van der Waals surface area contributed by atoms with E-state index in [9.17, 15) is 9.59 Å². The predicted molar refractivity (Wildman–Crippen MR) is 97.6 cm³/mol. The van der Waals surface area contributed by atoms with Crippen LogP contribution in [0, 0.1) is 0 Å². The van der Waals surface area contributed by atoms with E-state index in [2.05, 4.69) is 17.4 Å². The summed E-state index contributed by atoms with van der Waals surface area (Å²) in [6.45, 7) is 1.85. The lowest BCUT2D eigenvalue weighted by atomic mass is 9.76. The quantitative estimate of drug-likeness (QED) is 0.910. The minimum absolute atomic E-state index is 0.00699. The number of amides is 2. The fourth-order valence-electron chi connectivity index (χ4n) is 3.83. The first kappa shape index (κ1) is 17.3. The fraction of sp³-hybridized carbons (Fsp3) is 0.579. The van der Waals surface area contributed by atoms with E-state index in [0.29, 0.717) is 18.1 Å². The largest absolute Gasteiger partial charge is 0.345 e. The SMILES string of the molecule is CCC(=O)N1CSCC1C(=O)NC1(c2ccccc2)CCCCC1. The summed E-state index contributed by atoms with van der Waals surface area (Å²) < 4.78 is 0. The number of carbonyl (C=O) groups is 2. The molecule has 2 aliphatic rings. The van der Waals surface area contributed by atoms with Gasteiger partial charge in [-0.25, -0.2) is 0 Å². The van der Waals surface area contributed by atoms with Crippen molar-refractivity contribution in [3.05, 3.63) is 35.9 Å². The van der Waals surface area contributed by atoms with Crippen molar-refractivity contribution in [3.8, 4) is 0 Å². The van der Waals surface area contributed by atoms with Crippen LogP contribution in [0.4, 0.5) is 0 Å². The molecule has 1 heterocycles. The number of benzene rings is 1. The average molecular weight is 346 g/mol. The Morgan fingerprint density at radius 1 is 1.21 bits per heavy atom. The molecule has 1 saturated heterocycles. The molecule has 0 bridgehead atoms. The van der Waals surface area contributed by atoms with E-state index in [1.165, 1.54) is 12.0 Å². The number of nitrogens with zero attached hydrogens (tertiary/aromatic N) is 1. The lowest BCUT2D eigenvalue weighted by Gasteiger charge is -2.40. The second kappa shape index (κ2) is 7.60. The molecule has 1 atom stereocenters. The Labute approximate surface area is 148 Å². The van der Waals surface area contributed by atoms with E-state index < -0.39 is 0 Å². The molecule has 2 amide bonds. The smallest absolute Gasteiger partial charge is 0.244 e. The van der Waals surface area contributed by atoms with Crippen molar-refractivity contribution in [1.82, 2.24) is 10.2 Å². The van der Waals surface area contributed by atoms with Gasteiger partial charge < -0.3 is 10.2 Å². The van der Waals surface area contributed by atoms with Crippen molar-refractivity contribution in [2.75, 3.05) is 11.6 Å². The van der Waals surface area contributed by atoms with E-state index in [1.807, 2.05) is 25.1 Å². The van der Waals surface area contributed by atoms with E-state index in [-0.39, 0.29) is 23.4 Å². The summed E-state index contributed by atoms with van der Waals surface area (Å²) in [6.07, 6.45) is 5.89. The van der Waals surface area contributed by atoms with Gasteiger partial charge >= 0.3 is 0 Å². The molecule has 1 N–H and O–H groups in total. The van der Waals surface area contributed by atoms with Crippen LogP contribution in [0.5, 0.6) is 0 Å². The van der Waals surface area contributed by atoms with Crippen LogP contribution in [-0.2, 0) is 15.1 Å². The van der Waals surface area contributed by atoms with Gasteiger partial charge in [-0.15, -0.1) is 11.8 Å². The van der Waals surface area contributed by atoms with Gasteiger partial charge in [0.25, 0.3) is 0 Å². The zero-order valence-corrected chi connectivity index (χ0v) is 15.1. The molecule has 0 aromatic heterocycles. The minimum Gasteiger partial charge on any atom is -0.345 e. The van der Waals surface area contributed by atoms with E-state index in [1.54, 1.807) is 16.7 Å². The number of thioether (sulfide) groups is 1. The molecule has 1 aliphatic heterocycles. The summed E-state index contributed by atoms with van der Waals surface area (Å²) in [5.41, 5.74) is 0.919. The maximum Gasteiger partial charge on any atom is 0.244 e. The van der Waals surface area contributed by atoms with Gasteiger partial charge in [0.1, 0.15) is 6.04 Å². The Bertz CT molecular complexity index is 584. The molecule has 5 heteroatoms. The van der Waals surface area contributed by atoms with Crippen molar-refractivity contribution in [2.24, 2.45) is 0 Å². The molecule has 4 nitrogen and oxygen atoms in total. The van der Waals surface area contributed by atoms with Gasteiger partial charge in [0.2, 0.25) is 11.8 Å². The zero-order valence-electron chi connectivity index (χ0n) is 14.3. The van der Waals surface area contributed by atoms with Crippen LogP contribution in [0.3, 0.4) is 0 Å². The lowest BCUT2D eigenvalue weighted by molar-refractivity contribution is -0.138. The summed E-state index contributed by atoms with van der Waals surface area (Å²) in [6, 6.07) is 9.99. The summed E-state index contributed by atoms with van der Waals surface area (Å²) in [5.74, 6) is 1.40. The maximum atomic E-state index is 13.0. The molecule has 1 aromatic rings. The molecule has 130 valence electrons. The van der Waals surface area contributed by atoms with Crippen molar-refractivity contribution < 1.29 is 9.59 Å². The molecule has 3 rings (SSSR count). The second-order valence-electron chi connectivity index (χ2n) is 6.73. The molecule has 1 unspecified atom stereocenters. The van der Waals surface area contributed by atoms with Crippen molar-refractivity contribution >= 4 is 23.6 Å². The molecule has 1 saturated carbocycles. The summed E-state index contributed by atoms with van der Waals surface area (Å²) in [7, 11) is 0. The van der Waals surface area contributed by atoms with Gasteiger partial charge in [0, 0.05) is 12.2 Å². The Balaban J connectivity index is 1.80. The highest BCUT2D eigenvalue weighted by molar-refractivity contribution is 7.99. The highest BCUT2D eigenvalue weighted by atomic mass is 32.2. The third-order valence-corrected chi connectivity index (χ3v) is 6.22. The third kappa shape index (κ3) is 3.46. The van der Waals surface area contributed by atoms with Crippen LogP contribution in [-0.4, -0.2) is 34.4 Å². The van der Waals surface area contributed by atoms with Crippen LogP contribution < -0.4 is 5.32 Å². The summed E-state index contributed by atoms with van der Waals surface area (Å²) in [5, 5.41) is 3.35. The van der Waals surface area contributed by atoms with Gasteiger partial charge in [-0.3, -0.25) is 9.59 Å². The van der Waals surface area contributed by atoms with E-state index in [0.717, 1.165) is 25.7 Å². The molecular weight excluding hydrogens is 320 g/mol. The normalized spacial score (nSPS) is 23.0. The van der Waals surface area contributed by atoms with Gasteiger partial charge in [0.05, 0.1) is 11.4 Å². The number of rotatable bonds is 4. The van der Waals surface area contributed by atoms with Gasteiger partial charge in [-0.2, -0.15) is 0 Å². The molecule has 24 heavy (non-hydrogen) atoms. The topological polar surface area (TPSA) is 49.4 Å². The van der Waals surface area contributed by atoms with E-state index in [4.69, 9.17) is 0 Å². The van der Waals surface area contributed by atoms with Crippen molar-refractivity contribution in [1.29, 1.82) is 0 Å². The average Bonchev–Trinajstić information content (AvgIpc) is 3.12. The van der Waals surface area contributed by atoms with Gasteiger partial charge in [-0.1, -0.05) is 56.5 Å². The zero-order chi connectivity index (χ0) is 17.0. The van der Waals surface area contributed by atoms with Gasteiger partial charge in [-0.05, 0) is 18.4 Å². The Morgan fingerprint density at radius 2 is 1.92 bits per heavy atom. The molecule has 0 radical (unpaired) electrons.